The van der Waals surface area contributed by atoms with E-state index in [1.807, 2.05) is 30.3 Å². The second-order valence-electron chi connectivity index (χ2n) is 5.19. The summed E-state index contributed by atoms with van der Waals surface area (Å²) in [5.74, 6) is 0.490. The van der Waals surface area contributed by atoms with Gasteiger partial charge in [-0.3, -0.25) is 0 Å². The zero-order valence-electron chi connectivity index (χ0n) is 11.5. The van der Waals surface area contributed by atoms with Gasteiger partial charge in [-0.05, 0) is 36.1 Å². The Balaban J connectivity index is 1.80. The average molecular weight is 281 g/mol. The molecule has 3 rings (SSSR count). The third kappa shape index (κ3) is 2.81. The topological polar surface area (TPSA) is 58.9 Å². The lowest BCUT2D eigenvalue weighted by atomic mass is 10.0. The molecule has 0 amide bonds. The molecule has 0 atom stereocenters. The third-order valence-electron chi connectivity index (χ3n) is 3.72. The van der Waals surface area contributed by atoms with Crippen molar-refractivity contribution >= 4 is 6.08 Å². The van der Waals surface area contributed by atoms with E-state index < -0.39 is 5.54 Å². The number of aromatic hydroxyl groups is 1. The van der Waals surface area contributed by atoms with Crippen LogP contribution in [-0.4, -0.2) is 11.2 Å². The number of aliphatic imine (C=N–C) groups is 1. The standard InChI is InChI=1S/C17H15NO3/c19-12-18-17(8-9-17)14-6-7-15(20)16(10-14)21-11-13-4-2-1-3-5-13/h1-7,10,20H,8-9,11H2. The Morgan fingerprint density at radius 1 is 1.19 bits per heavy atom. The van der Waals surface area contributed by atoms with Crippen LogP contribution in [-0.2, 0) is 16.9 Å². The van der Waals surface area contributed by atoms with E-state index in [1.54, 1.807) is 24.3 Å². The fourth-order valence-corrected chi connectivity index (χ4v) is 2.33. The molecule has 1 aliphatic rings. The largest absolute Gasteiger partial charge is 0.504 e. The van der Waals surface area contributed by atoms with Crippen LogP contribution >= 0.6 is 0 Å². The van der Waals surface area contributed by atoms with Crippen LogP contribution in [0.2, 0.25) is 0 Å². The van der Waals surface area contributed by atoms with Gasteiger partial charge in [0.2, 0.25) is 6.08 Å². The lowest BCUT2D eigenvalue weighted by Crippen LogP contribution is -2.03. The predicted octanol–water partition coefficient (Wildman–Crippen LogP) is 3.30. The first-order valence-electron chi connectivity index (χ1n) is 6.83. The highest BCUT2D eigenvalue weighted by atomic mass is 16.5. The van der Waals surface area contributed by atoms with Crippen molar-refractivity contribution in [2.75, 3.05) is 0 Å². The number of isocyanates is 1. The highest BCUT2D eigenvalue weighted by molar-refractivity contribution is 5.48. The van der Waals surface area contributed by atoms with Crippen LogP contribution in [0.3, 0.4) is 0 Å². The molecule has 0 bridgehead atoms. The second-order valence-corrected chi connectivity index (χ2v) is 5.19. The Hall–Kier alpha value is -2.58. The van der Waals surface area contributed by atoms with Crippen molar-refractivity contribution in [2.24, 2.45) is 4.99 Å². The number of phenolic OH excluding ortho intramolecular Hbond substituents is 1. The molecule has 0 radical (unpaired) electrons. The van der Waals surface area contributed by atoms with Gasteiger partial charge in [0.15, 0.2) is 11.5 Å². The minimum atomic E-state index is -0.458. The maximum absolute atomic E-state index is 10.5. The zero-order valence-corrected chi connectivity index (χ0v) is 11.5. The lowest BCUT2D eigenvalue weighted by Gasteiger charge is -2.13. The Bertz CT molecular complexity index is 686. The van der Waals surface area contributed by atoms with E-state index in [0.29, 0.717) is 12.4 Å². The van der Waals surface area contributed by atoms with Gasteiger partial charge in [-0.25, -0.2) is 4.79 Å². The number of hydrogen-bond acceptors (Lipinski definition) is 4. The maximum Gasteiger partial charge on any atom is 0.235 e. The number of phenols is 1. The maximum atomic E-state index is 10.5. The summed E-state index contributed by atoms with van der Waals surface area (Å²) in [5, 5.41) is 9.90. The molecule has 0 unspecified atom stereocenters. The average Bonchev–Trinajstić information content (AvgIpc) is 3.29. The molecule has 0 saturated heterocycles. The molecule has 1 fully saturated rings. The molecule has 0 heterocycles. The number of benzene rings is 2. The van der Waals surface area contributed by atoms with E-state index in [0.717, 1.165) is 24.0 Å². The van der Waals surface area contributed by atoms with Gasteiger partial charge < -0.3 is 9.84 Å². The van der Waals surface area contributed by atoms with E-state index in [9.17, 15) is 9.90 Å². The number of rotatable bonds is 5. The summed E-state index contributed by atoms with van der Waals surface area (Å²) >= 11 is 0. The molecular formula is C17H15NO3. The van der Waals surface area contributed by atoms with Crippen LogP contribution in [0.4, 0.5) is 0 Å². The molecule has 4 heteroatoms. The van der Waals surface area contributed by atoms with Crippen LogP contribution in [0.15, 0.2) is 53.5 Å². The molecule has 2 aromatic rings. The van der Waals surface area contributed by atoms with E-state index >= 15 is 0 Å². The van der Waals surface area contributed by atoms with Crippen molar-refractivity contribution < 1.29 is 14.6 Å². The SMILES string of the molecule is O=C=NC1(c2ccc(O)c(OCc3ccccc3)c2)CC1. The molecule has 1 N–H and O–H groups in total. The molecule has 0 spiro atoms. The molecule has 0 aliphatic heterocycles. The number of nitrogens with zero attached hydrogens (tertiary/aromatic N) is 1. The monoisotopic (exact) mass is 281 g/mol. The molecule has 106 valence electrons. The van der Waals surface area contributed by atoms with E-state index in [-0.39, 0.29) is 5.75 Å². The predicted molar refractivity (Wildman–Crippen MR) is 77.9 cm³/mol. The highest BCUT2D eigenvalue weighted by Gasteiger charge is 2.45. The van der Waals surface area contributed by atoms with Crippen LogP contribution in [0.1, 0.15) is 24.0 Å². The van der Waals surface area contributed by atoms with E-state index in [4.69, 9.17) is 4.74 Å². The summed E-state index contributed by atoms with van der Waals surface area (Å²) < 4.78 is 5.67. The molecule has 21 heavy (non-hydrogen) atoms. The Morgan fingerprint density at radius 2 is 1.95 bits per heavy atom. The second kappa shape index (κ2) is 5.43. The van der Waals surface area contributed by atoms with Crippen LogP contribution in [0.5, 0.6) is 11.5 Å². The smallest absolute Gasteiger partial charge is 0.235 e. The normalized spacial score (nSPS) is 15.0. The van der Waals surface area contributed by atoms with Crippen molar-refractivity contribution in [3.8, 4) is 11.5 Å². The quantitative estimate of drug-likeness (QED) is 0.675. The first kappa shape index (κ1) is 13.4. The van der Waals surface area contributed by atoms with Crippen molar-refractivity contribution in [1.29, 1.82) is 0 Å². The van der Waals surface area contributed by atoms with E-state index in [1.165, 1.54) is 0 Å². The van der Waals surface area contributed by atoms with Crippen LogP contribution in [0.25, 0.3) is 0 Å². The van der Waals surface area contributed by atoms with Gasteiger partial charge >= 0.3 is 0 Å². The zero-order chi connectivity index (χ0) is 14.7. The molecule has 1 saturated carbocycles. The van der Waals surface area contributed by atoms with Crippen molar-refractivity contribution in [2.45, 2.75) is 25.0 Å². The van der Waals surface area contributed by atoms with Gasteiger partial charge in [0.1, 0.15) is 6.61 Å². The van der Waals surface area contributed by atoms with Crippen molar-refractivity contribution in [3.05, 3.63) is 59.7 Å². The number of ether oxygens (including phenoxy) is 1. The Labute approximate surface area is 122 Å². The third-order valence-corrected chi connectivity index (χ3v) is 3.72. The van der Waals surface area contributed by atoms with Gasteiger partial charge in [0.25, 0.3) is 0 Å². The van der Waals surface area contributed by atoms with Gasteiger partial charge in [-0.1, -0.05) is 36.4 Å². The van der Waals surface area contributed by atoms with Crippen molar-refractivity contribution in [3.63, 3.8) is 0 Å². The summed E-state index contributed by atoms with van der Waals surface area (Å²) in [5.41, 5.74) is 1.45. The summed E-state index contributed by atoms with van der Waals surface area (Å²) in [6, 6.07) is 14.8. The minimum absolute atomic E-state index is 0.0839. The number of carbonyl (C=O) groups excluding carboxylic acids is 1. The molecule has 1 aliphatic carbocycles. The van der Waals surface area contributed by atoms with Crippen LogP contribution in [0, 0.1) is 0 Å². The molecule has 0 aromatic heterocycles. The van der Waals surface area contributed by atoms with Gasteiger partial charge in [-0.2, -0.15) is 4.99 Å². The molecule has 4 nitrogen and oxygen atoms in total. The van der Waals surface area contributed by atoms with E-state index in [2.05, 4.69) is 4.99 Å². The molecular weight excluding hydrogens is 266 g/mol. The Kier molecular flexibility index (Phi) is 3.46. The first-order chi connectivity index (χ1) is 10.2. The summed E-state index contributed by atoms with van der Waals surface area (Å²) in [6.07, 6.45) is 3.28. The summed E-state index contributed by atoms with van der Waals surface area (Å²) in [4.78, 5) is 14.4. The van der Waals surface area contributed by atoms with Gasteiger partial charge in [-0.15, -0.1) is 0 Å². The minimum Gasteiger partial charge on any atom is -0.504 e. The number of hydrogen-bond donors (Lipinski definition) is 1. The lowest BCUT2D eigenvalue weighted by molar-refractivity contribution is 0.288. The fourth-order valence-electron chi connectivity index (χ4n) is 2.33. The fraction of sp³-hybridized carbons (Fsp3) is 0.235. The van der Waals surface area contributed by atoms with Crippen LogP contribution < -0.4 is 4.74 Å². The molecule has 2 aromatic carbocycles. The Morgan fingerprint density at radius 3 is 2.62 bits per heavy atom. The van der Waals surface area contributed by atoms with Gasteiger partial charge in [0, 0.05) is 0 Å². The summed E-state index contributed by atoms with van der Waals surface area (Å²) in [7, 11) is 0. The van der Waals surface area contributed by atoms with Gasteiger partial charge in [0.05, 0.1) is 5.54 Å². The van der Waals surface area contributed by atoms with Crippen molar-refractivity contribution in [1.82, 2.24) is 0 Å². The summed E-state index contributed by atoms with van der Waals surface area (Å²) in [6.45, 7) is 0.377. The first-order valence-corrected chi connectivity index (χ1v) is 6.83. The highest BCUT2D eigenvalue weighted by Crippen LogP contribution is 2.50.